The molecule has 132 valence electrons. The molecular weight excluding hydrogens is 370 g/mol. The monoisotopic (exact) mass is 385 g/mol. The van der Waals surface area contributed by atoms with E-state index in [-0.39, 0.29) is 5.56 Å². The van der Waals surface area contributed by atoms with Gasteiger partial charge in [-0.3, -0.25) is 13.8 Å². The number of benzene rings is 1. The van der Waals surface area contributed by atoms with Crippen LogP contribution >= 0.6 is 23.1 Å². The number of aromatic nitrogens is 5. The largest absolute Gasteiger partial charge is 0.495 e. The number of hydrogen-bond acceptors (Lipinski definition) is 7. The molecule has 0 atom stereocenters. The van der Waals surface area contributed by atoms with E-state index in [1.54, 1.807) is 23.9 Å². The average molecular weight is 385 g/mol. The number of methoxy groups -OCH3 is 1. The second kappa shape index (κ2) is 6.93. The Balaban J connectivity index is 1.62. The predicted octanol–water partition coefficient (Wildman–Crippen LogP) is 2.95. The minimum Gasteiger partial charge on any atom is -0.495 e. The van der Waals surface area contributed by atoms with Gasteiger partial charge in [-0.05, 0) is 19.1 Å². The molecule has 0 saturated carbocycles. The summed E-state index contributed by atoms with van der Waals surface area (Å²) >= 11 is 2.94. The summed E-state index contributed by atoms with van der Waals surface area (Å²) in [6.07, 6.45) is 1.65. The van der Waals surface area contributed by atoms with Crippen LogP contribution in [0.15, 0.2) is 52.0 Å². The maximum atomic E-state index is 12.3. The fraction of sp³-hybridized carbons (Fsp3) is 0.176. The fourth-order valence-corrected chi connectivity index (χ4v) is 4.34. The third kappa shape index (κ3) is 2.99. The summed E-state index contributed by atoms with van der Waals surface area (Å²) < 4.78 is 8.90. The minimum absolute atomic E-state index is 0.0597. The third-order valence-corrected chi connectivity index (χ3v) is 5.76. The first kappa shape index (κ1) is 16.8. The van der Waals surface area contributed by atoms with Crippen molar-refractivity contribution in [2.75, 3.05) is 7.11 Å². The SMILES string of the molecule is COc1ccccc1-n1cnnc1SCc1cc(=O)n2c(C)csc2n1. The Labute approximate surface area is 157 Å². The molecule has 4 aromatic rings. The van der Waals surface area contributed by atoms with Gasteiger partial charge in [-0.15, -0.1) is 21.5 Å². The number of thiazole rings is 1. The Morgan fingerprint density at radius 1 is 1.31 bits per heavy atom. The lowest BCUT2D eigenvalue weighted by Gasteiger charge is -2.10. The lowest BCUT2D eigenvalue weighted by molar-refractivity contribution is 0.412. The highest BCUT2D eigenvalue weighted by Crippen LogP contribution is 2.28. The highest BCUT2D eigenvalue weighted by atomic mass is 32.2. The number of ether oxygens (including phenoxy) is 1. The van der Waals surface area contributed by atoms with E-state index in [9.17, 15) is 4.79 Å². The van der Waals surface area contributed by atoms with Crippen molar-refractivity contribution < 1.29 is 4.74 Å². The normalized spacial score (nSPS) is 11.2. The molecule has 0 radical (unpaired) electrons. The van der Waals surface area contributed by atoms with E-state index in [0.717, 1.165) is 22.8 Å². The van der Waals surface area contributed by atoms with E-state index in [1.165, 1.54) is 23.1 Å². The predicted molar refractivity (Wildman–Crippen MR) is 102 cm³/mol. The van der Waals surface area contributed by atoms with Gasteiger partial charge >= 0.3 is 0 Å². The van der Waals surface area contributed by atoms with E-state index >= 15 is 0 Å². The second-order valence-electron chi connectivity index (χ2n) is 5.52. The van der Waals surface area contributed by atoms with Crippen LogP contribution in [0.3, 0.4) is 0 Å². The zero-order valence-corrected chi connectivity index (χ0v) is 15.8. The Morgan fingerprint density at radius 3 is 3.00 bits per heavy atom. The number of hydrogen-bond donors (Lipinski definition) is 0. The van der Waals surface area contributed by atoms with Gasteiger partial charge in [-0.1, -0.05) is 23.9 Å². The molecule has 4 rings (SSSR count). The summed E-state index contributed by atoms with van der Waals surface area (Å²) in [5.41, 5.74) is 2.42. The van der Waals surface area contributed by atoms with Gasteiger partial charge in [-0.25, -0.2) is 4.98 Å². The maximum absolute atomic E-state index is 12.3. The molecule has 3 heterocycles. The lowest BCUT2D eigenvalue weighted by Crippen LogP contribution is -2.14. The van der Waals surface area contributed by atoms with Crippen LogP contribution in [-0.4, -0.2) is 31.3 Å². The molecule has 0 unspecified atom stereocenters. The lowest BCUT2D eigenvalue weighted by atomic mass is 10.3. The van der Waals surface area contributed by atoms with Crippen molar-refractivity contribution in [1.82, 2.24) is 24.1 Å². The van der Waals surface area contributed by atoms with Gasteiger partial charge in [0.2, 0.25) is 0 Å². The molecule has 0 bridgehead atoms. The highest BCUT2D eigenvalue weighted by molar-refractivity contribution is 7.98. The molecule has 0 saturated heterocycles. The first-order valence-corrected chi connectivity index (χ1v) is 9.67. The first-order valence-electron chi connectivity index (χ1n) is 7.80. The molecule has 0 spiro atoms. The Bertz CT molecular complexity index is 1130. The van der Waals surface area contributed by atoms with E-state index in [2.05, 4.69) is 15.2 Å². The molecule has 0 aliphatic carbocycles. The van der Waals surface area contributed by atoms with Crippen molar-refractivity contribution in [3.8, 4) is 11.4 Å². The van der Waals surface area contributed by atoms with Crippen LogP contribution < -0.4 is 10.3 Å². The zero-order chi connectivity index (χ0) is 18.1. The molecule has 9 heteroatoms. The Hall–Kier alpha value is -2.65. The molecule has 1 aromatic carbocycles. The smallest absolute Gasteiger partial charge is 0.258 e. The summed E-state index contributed by atoms with van der Waals surface area (Å²) in [6.45, 7) is 1.90. The van der Waals surface area contributed by atoms with Gasteiger partial charge in [0, 0.05) is 22.9 Å². The standard InChI is InChI=1S/C17H15N5O2S2/c1-11-8-25-16-19-12(7-15(23)22(11)16)9-26-17-20-18-10-21(17)13-5-3-4-6-14(13)24-2/h3-8,10H,9H2,1-2H3. The van der Waals surface area contributed by atoms with Gasteiger partial charge in [0.1, 0.15) is 12.1 Å². The number of rotatable bonds is 5. The number of nitrogens with zero attached hydrogens (tertiary/aromatic N) is 5. The second-order valence-corrected chi connectivity index (χ2v) is 7.30. The van der Waals surface area contributed by atoms with Gasteiger partial charge in [-0.2, -0.15) is 0 Å². The number of aryl methyl sites for hydroxylation is 1. The van der Waals surface area contributed by atoms with Crippen molar-refractivity contribution in [3.63, 3.8) is 0 Å². The number of para-hydroxylation sites is 2. The summed E-state index contributed by atoms with van der Waals surface area (Å²) in [5.74, 6) is 1.26. The third-order valence-electron chi connectivity index (χ3n) is 3.84. The van der Waals surface area contributed by atoms with Crippen LogP contribution in [0.5, 0.6) is 5.75 Å². The molecule has 0 amide bonds. The highest BCUT2D eigenvalue weighted by Gasteiger charge is 2.13. The maximum Gasteiger partial charge on any atom is 0.258 e. The zero-order valence-electron chi connectivity index (χ0n) is 14.1. The van der Waals surface area contributed by atoms with Crippen molar-refractivity contribution in [3.05, 3.63) is 63.8 Å². The van der Waals surface area contributed by atoms with Crippen LogP contribution in [0.2, 0.25) is 0 Å². The summed E-state index contributed by atoms with van der Waals surface area (Å²) in [7, 11) is 1.63. The van der Waals surface area contributed by atoms with E-state index in [1.807, 2.05) is 41.1 Å². The van der Waals surface area contributed by atoms with Crippen molar-refractivity contribution >= 4 is 28.1 Å². The molecule has 0 aliphatic heterocycles. The van der Waals surface area contributed by atoms with Gasteiger partial charge in [0.05, 0.1) is 18.5 Å². The van der Waals surface area contributed by atoms with E-state index in [4.69, 9.17) is 4.74 Å². The van der Waals surface area contributed by atoms with Crippen molar-refractivity contribution in [2.45, 2.75) is 17.8 Å². The molecular formula is C17H15N5O2S2. The molecule has 7 nitrogen and oxygen atoms in total. The first-order chi connectivity index (χ1) is 12.7. The van der Waals surface area contributed by atoms with Crippen molar-refractivity contribution in [2.24, 2.45) is 0 Å². The summed E-state index contributed by atoms with van der Waals surface area (Å²) in [6, 6.07) is 9.25. The quantitative estimate of drug-likeness (QED) is 0.492. The van der Waals surface area contributed by atoms with Gasteiger partial charge in [0.25, 0.3) is 5.56 Å². The Kier molecular flexibility index (Phi) is 4.48. The molecule has 0 fully saturated rings. The van der Waals surface area contributed by atoms with Crippen LogP contribution in [0.25, 0.3) is 10.6 Å². The summed E-state index contributed by atoms with van der Waals surface area (Å²) in [4.78, 5) is 17.6. The molecule has 26 heavy (non-hydrogen) atoms. The van der Waals surface area contributed by atoms with Crippen LogP contribution in [-0.2, 0) is 5.75 Å². The average Bonchev–Trinajstić information content (AvgIpc) is 3.27. The van der Waals surface area contributed by atoms with Crippen LogP contribution in [0.4, 0.5) is 0 Å². The topological polar surface area (TPSA) is 74.3 Å². The van der Waals surface area contributed by atoms with E-state index < -0.39 is 0 Å². The van der Waals surface area contributed by atoms with E-state index in [0.29, 0.717) is 15.9 Å². The summed E-state index contributed by atoms with van der Waals surface area (Å²) in [5, 5.41) is 10.8. The Morgan fingerprint density at radius 2 is 2.15 bits per heavy atom. The number of thioether (sulfide) groups is 1. The van der Waals surface area contributed by atoms with Crippen LogP contribution in [0.1, 0.15) is 11.4 Å². The minimum atomic E-state index is -0.0597. The fourth-order valence-electron chi connectivity index (χ4n) is 2.63. The van der Waals surface area contributed by atoms with Gasteiger partial charge in [0.15, 0.2) is 10.1 Å². The molecule has 0 N–H and O–H groups in total. The van der Waals surface area contributed by atoms with Crippen molar-refractivity contribution in [1.29, 1.82) is 0 Å². The van der Waals surface area contributed by atoms with Gasteiger partial charge < -0.3 is 4.74 Å². The number of fused-ring (bicyclic) bond motifs is 1. The van der Waals surface area contributed by atoms with Crippen LogP contribution in [0, 0.1) is 6.92 Å². The molecule has 0 aliphatic rings. The molecule has 3 aromatic heterocycles.